The van der Waals surface area contributed by atoms with Crippen LogP contribution in [0.3, 0.4) is 0 Å². The van der Waals surface area contributed by atoms with Gasteiger partial charge in [0.1, 0.15) is 0 Å². The van der Waals surface area contributed by atoms with E-state index in [2.05, 4.69) is 0 Å². The molecule has 0 bridgehead atoms. The standard InChI is InChI=1S/C28H15Cl2F34I/c29-65(30)12-6-5-10(3-1-7-13(31,32)15(35,36)17(39,40)19(43,44)21(47,48)23(51,52)25(55,56)27(59,60)61)9-11(12)4-2-8-14(33,34)16(37,38)18(41,42)20(45,46)22(49,50)24(53,54)26(57,58)28(62,63)64/h5-6,9H,1-4,7-8H2. The summed E-state index contributed by atoms with van der Waals surface area (Å²) in [6, 6.07) is 1.58. The van der Waals surface area contributed by atoms with E-state index in [1.165, 1.54) is 0 Å². The second-order valence-electron chi connectivity index (χ2n) is 13.1. The molecule has 0 amide bonds. The maximum absolute atomic E-state index is 14.4. The third-order valence-corrected chi connectivity index (χ3v) is 12.7. The molecule has 1 rings (SSSR count). The minimum absolute atomic E-state index is 0.398. The summed E-state index contributed by atoms with van der Waals surface area (Å²) in [6.45, 7) is 0. The summed E-state index contributed by atoms with van der Waals surface area (Å²) in [5, 5.41) is 0. The van der Waals surface area contributed by atoms with Crippen LogP contribution in [0, 0.1) is 3.57 Å². The second kappa shape index (κ2) is 17.5. The van der Waals surface area contributed by atoms with Crippen LogP contribution in [0.1, 0.15) is 36.8 Å². The molecule has 1 aromatic carbocycles. The van der Waals surface area contributed by atoms with Crippen molar-refractivity contribution in [2.45, 2.75) is 134 Å². The molecule has 0 saturated heterocycles. The van der Waals surface area contributed by atoms with Gasteiger partial charge in [-0.2, -0.15) is 61.5 Å². The molecule has 0 N–H and O–H groups in total. The van der Waals surface area contributed by atoms with E-state index >= 15 is 0 Å². The van der Waals surface area contributed by atoms with Crippen LogP contribution in [0.4, 0.5) is 149 Å². The summed E-state index contributed by atoms with van der Waals surface area (Å²) in [5.41, 5.74) is -1.52. The molecule has 0 aliphatic rings. The molecule has 0 fully saturated rings. The van der Waals surface area contributed by atoms with E-state index in [-0.39, 0.29) is 0 Å². The molecule has 0 atom stereocenters. The van der Waals surface area contributed by atoms with Crippen molar-refractivity contribution < 1.29 is 149 Å². The molecule has 0 aliphatic heterocycles. The summed E-state index contributed by atoms with van der Waals surface area (Å²) in [6.07, 6.45) is -28.5. The first kappa shape index (κ1) is 61.2. The van der Waals surface area contributed by atoms with Crippen LogP contribution >= 0.6 is 35.4 Å². The van der Waals surface area contributed by atoms with Gasteiger partial charge < -0.3 is 0 Å². The Bertz CT molecular complexity index is 1810. The number of halogens is 37. The van der Waals surface area contributed by atoms with Gasteiger partial charge in [-0.1, -0.05) is 0 Å². The molecule has 1 aromatic rings. The molecule has 0 spiro atoms. The summed E-state index contributed by atoms with van der Waals surface area (Å²) in [7, 11) is 11.3. The molecule has 0 aliphatic carbocycles. The minimum atomic E-state index is -8.93. The number of alkyl halides is 34. The Labute approximate surface area is 351 Å². The zero-order valence-corrected chi connectivity index (χ0v) is 33.1. The first-order valence-electron chi connectivity index (χ1n) is 15.6. The molecule has 386 valence electrons. The van der Waals surface area contributed by atoms with E-state index in [0.717, 1.165) is 0 Å². The van der Waals surface area contributed by atoms with E-state index in [1.807, 2.05) is 0 Å². The molecule has 37 heteroatoms. The van der Waals surface area contributed by atoms with Gasteiger partial charge in [-0.3, -0.25) is 0 Å². The Hall–Kier alpha value is -1.85. The summed E-state index contributed by atoms with van der Waals surface area (Å²) >= 11 is -3.68. The molecular weight excluding hydrogens is 1180 g/mol. The maximum atomic E-state index is 14.4. The Kier molecular flexibility index (Phi) is 16.5. The van der Waals surface area contributed by atoms with E-state index in [0.29, 0.717) is 18.2 Å². The summed E-state index contributed by atoms with van der Waals surface area (Å²) in [5.74, 6) is -117. The Morgan fingerprint density at radius 3 is 0.831 bits per heavy atom. The number of hydrogen-bond acceptors (Lipinski definition) is 0. The number of hydrogen-bond donors (Lipinski definition) is 0. The predicted octanol–water partition coefficient (Wildman–Crippen LogP) is 16.3. The van der Waals surface area contributed by atoms with Gasteiger partial charge in [-0.25, -0.2) is 0 Å². The van der Waals surface area contributed by atoms with Gasteiger partial charge in [0.25, 0.3) is 0 Å². The molecule has 0 unspecified atom stereocenters. The molecule has 0 heterocycles. The quantitative estimate of drug-likeness (QED) is 0.0850. The SMILES string of the molecule is FC(F)(F)C(F)(F)C(F)(F)C(F)(F)C(F)(F)C(F)(F)C(F)(F)C(F)(F)CCCc1ccc(I(Cl)Cl)c(CCCC(F)(F)C(F)(F)C(F)(F)C(F)(F)C(F)(F)C(F)(F)C(F)(F)C(F)(F)F)c1. The van der Waals surface area contributed by atoms with Crippen LogP contribution in [0.15, 0.2) is 18.2 Å². The summed E-state index contributed by atoms with van der Waals surface area (Å²) < 4.78 is 459. The van der Waals surface area contributed by atoms with Gasteiger partial charge >= 0.3 is 290 Å². The van der Waals surface area contributed by atoms with Crippen LogP contribution in [-0.4, -0.2) is 95.3 Å². The van der Waals surface area contributed by atoms with Crippen molar-refractivity contribution in [2.75, 3.05) is 0 Å². The molecular formula is C28H15Cl2F34I. The first-order valence-corrected chi connectivity index (χ1v) is 22.1. The van der Waals surface area contributed by atoms with Gasteiger partial charge in [0.2, 0.25) is 0 Å². The predicted molar refractivity (Wildman–Crippen MR) is 158 cm³/mol. The van der Waals surface area contributed by atoms with Crippen LogP contribution in [0.5, 0.6) is 0 Å². The second-order valence-corrected chi connectivity index (χ2v) is 20.2. The Balaban J connectivity index is 3.45. The fourth-order valence-electron chi connectivity index (χ4n) is 4.84. The van der Waals surface area contributed by atoms with E-state index in [4.69, 9.17) is 17.8 Å². The van der Waals surface area contributed by atoms with Crippen molar-refractivity contribution in [3.63, 3.8) is 0 Å². The molecule has 65 heavy (non-hydrogen) atoms. The van der Waals surface area contributed by atoms with Crippen molar-refractivity contribution in [3.05, 3.63) is 32.9 Å². The van der Waals surface area contributed by atoms with E-state index < -0.39 is 166 Å². The number of aryl methyl sites for hydroxylation is 2. The van der Waals surface area contributed by atoms with E-state index in [9.17, 15) is 149 Å². The van der Waals surface area contributed by atoms with Gasteiger partial charge in [0.15, 0.2) is 0 Å². The Morgan fingerprint density at radius 2 is 0.569 bits per heavy atom. The van der Waals surface area contributed by atoms with Gasteiger partial charge in [0.05, 0.1) is 0 Å². The van der Waals surface area contributed by atoms with Crippen LogP contribution in [0.25, 0.3) is 0 Å². The monoisotopic (exact) mass is 1190 g/mol. The molecule has 0 saturated carbocycles. The van der Waals surface area contributed by atoms with Gasteiger partial charge in [-0.05, 0) is 0 Å². The molecule has 0 radical (unpaired) electrons. The zero-order valence-electron chi connectivity index (χ0n) is 29.5. The molecule has 0 nitrogen and oxygen atoms in total. The van der Waals surface area contributed by atoms with Crippen molar-refractivity contribution >= 4 is 35.4 Å². The van der Waals surface area contributed by atoms with Gasteiger partial charge in [0, 0.05) is 0 Å². The topological polar surface area (TPSA) is 0 Å². The third-order valence-electron chi connectivity index (χ3n) is 8.73. The summed E-state index contributed by atoms with van der Waals surface area (Å²) in [4.78, 5) is 0. The molecule has 0 aromatic heterocycles. The van der Waals surface area contributed by atoms with E-state index in [1.54, 1.807) is 0 Å². The average molecular weight is 1200 g/mol. The number of benzene rings is 1. The normalized spacial score (nSPS) is 16.3. The third kappa shape index (κ3) is 9.34. The van der Waals surface area contributed by atoms with Crippen LogP contribution < -0.4 is 0 Å². The van der Waals surface area contributed by atoms with Crippen molar-refractivity contribution in [1.29, 1.82) is 0 Å². The van der Waals surface area contributed by atoms with Crippen LogP contribution in [-0.2, 0) is 12.8 Å². The first-order chi connectivity index (χ1) is 28.0. The van der Waals surface area contributed by atoms with Gasteiger partial charge in [-0.15, -0.1) is 0 Å². The fourth-order valence-corrected chi connectivity index (χ4v) is 8.11. The average Bonchev–Trinajstić information content (AvgIpc) is 3.09. The fraction of sp³-hybridized carbons (Fsp3) is 0.786. The number of rotatable bonds is 21. The van der Waals surface area contributed by atoms with Crippen molar-refractivity contribution in [2.24, 2.45) is 0 Å². The Morgan fingerprint density at radius 1 is 0.323 bits per heavy atom. The van der Waals surface area contributed by atoms with Crippen LogP contribution in [0.2, 0.25) is 0 Å². The van der Waals surface area contributed by atoms with Crippen molar-refractivity contribution in [3.8, 4) is 0 Å². The zero-order chi connectivity index (χ0) is 52.7. The van der Waals surface area contributed by atoms with Crippen molar-refractivity contribution in [1.82, 2.24) is 0 Å².